The highest BCUT2D eigenvalue weighted by molar-refractivity contribution is 6.04. The van der Waals surface area contributed by atoms with Crippen LogP contribution in [0.4, 0.5) is 5.69 Å². The molecule has 2 aromatic rings. The number of rotatable bonds is 3. The Morgan fingerprint density at radius 2 is 1.91 bits per heavy atom. The van der Waals surface area contributed by atoms with E-state index in [0.29, 0.717) is 5.56 Å². The van der Waals surface area contributed by atoms with Crippen molar-refractivity contribution in [1.82, 2.24) is 10.3 Å². The molecule has 1 fully saturated rings. The van der Waals surface area contributed by atoms with Crippen LogP contribution in [0.1, 0.15) is 33.4 Å². The van der Waals surface area contributed by atoms with Crippen LogP contribution in [0.2, 0.25) is 0 Å². The van der Waals surface area contributed by atoms with Gasteiger partial charge in [0.1, 0.15) is 0 Å². The molecule has 0 bridgehead atoms. The van der Waals surface area contributed by atoms with Gasteiger partial charge in [-0.3, -0.25) is 9.78 Å². The minimum absolute atomic E-state index is 0.0824. The molecule has 0 aliphatic carbocycles. The van der Waals surface area contributed by atoms with Crippen LogP contribution in [0.5, 0.6) is 0 Å². The van der Waals surface area contributed by atoms with Crippen molar-refractivity contribution in [2.45, 2.75) is 20.0 Å². The SMILES string of the molecule is Cc1cc(C(=O)Nc2ccc([C@H]3CNCCO3)cc2)cc(C)n1. The van der Waals surface area contributed by atoms with Gasteiger partial charge in [-0.1, -0.05) is 12.1 Å². The Labute approximate surface area is 136 Å². The Balaban J connectivity index is 1.68. The minimum atomic E-state index is -0.123. The Morgan fingerprint density at radius 1 is 1.22 bits per heavy atom. The summed E-state index contributed by atoms with van der Waals surface area (Å²) in [5.74, 6) is -0.123. The number of hydrogen-bond donors (Lipinski definition) is 2. The van der Waals surface area contributed by atoms with Gasteiger partial charge >= 0.3 is 0 Å². The Bertz CT molecular complexity index is 672. The van der Waals surface area contributed by atoms with E-state index >= 15 is 0 Å². The molecule has 0 spiro atoms. The molecule has 1 aliphatic rings. The quantitative estimate of drug-likeness (QED) is 0.914. The van der Waals surface area contributed by atoms with Crippen molar-refractivity contribution in [2.75, 3.05) is 25.0 Å². The van der Waals surface area contributed by atoms with Gasteiger partial charge in [0.15, 0.2) is 0 Å². The first kappa shape index (κ1) is 15.6. The molecule has 2 heterocycles. The predicted molar refractivity (Wildman–Crippen MR) is 89.7 cm³/mol. The average Bonchev–Trinajstić information content (AvgIpc) is 2.55. The molecule has 1 aliphatic heterocycles. The number of hydrogen-bond acceptors (Lipinski definition) is 4. The maximum atomic E-state index is 12.3. The number of amides is 1. The molecular weight excluding hydrogens is 290 g/mol. The Morgan fingerprint density at radius 3 is 2.52 bits per heavy atom. The van der Waals surface area contributed by atoms with Gasteiger partial charge < -0.3 is 15.4 Å². The zero-order chi connectivity index (χ0) is 16.2. The molecule has 0 unspecified atom stereocenters. The van der Waals surface area contributed by atoms with Gasteiger partial charge in [0.25, 0.3) is 5.91 Å². The van der Waals surface area contributed by atoms with Crippen LogP contribution in [0.25, 0.3) is 0 Å². The van der Waals surface area contributed by atoms with E-state index < -0.39 is 0 Å². The van der Waals surface area contributed by atoms with Crippen LogP contribution < -0.4 is 10.6 Å². The zero-order valence-electron chi connectivity index (χ0n) is 13.4. The van der Waals surface area contributed by atoms with Crippen molar-refractivity contribution in [1.29, 1.82) is 0 Å². The summed E-state index contributed by atoms with van der Waals surface area (Å²) in [4.78, 5) is 16.6. The molecule has 3 rings (SSSR count). The van der Waals surface area contributed by atoms with Crippen LogP contribution in [-0.2, 0) is 4.74 Å². The number of carbonyl (C=O) groups excluding carboxylic acids is 1. The van der Waals surface area contributed by atoms with Crippen molar-refractivity contribution in [3.05, 3.63) is 58.9 Å². The van der Waals surface area contributed by atoms with Crippen molar-refractivity contribution in [3.63, 3.8) is 0 Å². The molecule has 2 N–H and O–H groups in total. The van der Waals surface area contributed by atoms with Gasteiger partial charge in [0, 0.05) is 35.7 Å². The Hall–Kier alpha value is -2.24. The average molecular weight is 311 g/mol. The molecule has 0 saturated carbocycles. The second-order valence-corrected chi connectivity index (χ2v) is 5.78. The lowest BCUT2D eigenvalue weighted by atomic mass is 10.1. The molecule has 1 atom stereocenters. The van der Waals surface area contributed by atoms with Gasteiger partial charge in [-0.15, -0.1) is 0 Å². The summed E-state index contributed by atoms with van der Waals surface area (Å²) in [5.41, 5.74) is 4.19. The highest BCUT2D eigenvalue weighted by Gasteiger charge is 2.15. The summed E-state index contributed by atoms with van der Waals surface area (Å²) in [7, 11) is 0. The second-order valence-electron chi connectivity index (χ2n) is 5.78. The largest absolute Gasteiger partial charge is 0.371 e. The van der Waals surface area contributed by atoms with Gasteiger partial charge in [0.2, 0.25) is 0 Å². The highest BCUT2D eigenvalue weighted by Crippen LogP contribution is 2.21. The monoisotopic (exact) mass is 311 g/mol. The van der Waals surface area contributed by atoms with E-state index in [2.05, 4.69) is 15.6 Å². The van der Waals surface area contributed by atoms with E-state index in [4.69, 9.17) is 4.74 Å². The lowest BCUT2D eigenvalue weighted by Gasteiger charge is -2.24. The molecule has 5 nitrogen and oxygen atoms in total. The van der Waals surface area contributed by atoms with E-state index in [1.807, 2.05) is 38.1 Å². The standard InChI is InChI=1S/C18H21N3O2/c1-12-9-15(10-13(2)20-12)18(22)21-16-5-3-14(4-6-16)17-11-19-7-8-23-17/h3-6,9-10,17,19H,7-8,11H2,1-2H3,(H,21,22)/t17-/m1/s1. The Kier molecular flexibility index (Phi) is 4.69. The molecular formula is C18H21N3O2. The fourth-order valence-electron chi connectivity index (χ4n) is 2.73. The number of nitrogens with zero attached hydrogens (tertiary/aromatic N) is 1. The molecule has 1 saturated heterocycles. The summed E-state index contributed by atoms with van der Waals surface area (Å²) in [6.45, 7) is 6.22. The number of carbonyl (C=O) groups is 1. The van der Waals surface area contributed by atoms with E-state index in [9.17, 15) is 4.79 Å². The van der Waals surface area contributed by atoms with Crippen LogP contribution in [0.15, 0.2) is 36.4 Å². The number of benzene rings is 1. The van der Waals surface area contributed by atoms with E-state index in [1.165, 1.54) is 0 Å². The topological polar surface area (TPSA) is 63.2 Å². The van der Waals surface area contributed by atoms with Gasteiger partial charge in [-0.05, 0) is 43.7 Å². The van der Waals surface area contributed by atoms with Crippen LogP contribution >= 0.6 is 0 Å². The van der Waals surface area contributed by atoms with Crippen molar-refractivity contribution in [3.8, 4) is 0 Å². The molecule has 1 amide bonds. The van der Waals surface area contributed by atoms with Crippen molar-refractivity contribution >= 4 is 11.6 Å². The second kappa shape index (κ2) is 6.89. The normalized spacial score (nSPS) is 17.7. The molecule has 0 radical (unpaired) electrons. The van der Waals surface area contributed by atoms with Crippen molar-refractivity contribution < 1.29 is 9.53 Å². The third-order valence-electron chi connectivity index (χ3n) is 3.81. The summed E-state index contributed by atoms with van der Waals surface area (Å²) in [6.07, 6.45) is 0.0824. The summed E-state index contributed by atoms with van der Waals surface area (Å²) < 4.78 is 5.72. The maximum absolute atomic E-state index is 12.3. The number of aromatic nitrogens is 1. The first-order valence-electron chi connectivity index (χ1n) is 7.81. The molecule has 23 heavy (non-hydrogen) atoms. The number of aryl methyl sites for hydroxylation is 2. The van der Waals surface area contributed by atoms with Gasteiger partial charge in [0.05, 0.1) is 12.7 Å². The fraction of sp³-hybridized carbons (Fsp3) is 0.333. The third-order valence-corrected chi connectivity index (χ3v) is 3.81. The number of morpholine rings is 1. The lowest BCUT2D eigenvalue weighted by Crippen LogP contribution is -2.33. The zero-order valence-corrected chi connectivity index (χ0v) is 13.4. The third kappa shape index (κ3) is 3.94. The number of ether oxygens (including phenoxy) is 1. The van der Waals surface area contributed by atoms with E-state index in [-0.39, 0.29) is 12.0 Å². The molecule has 120 valence electrons. The summed E-state index contributed by atoms with van der Waals surface area (Å²) in [5, 5.41) is 6.23. The highest BCUT2D eigenvalue weighted by atomic mass is 16.5. The van der Waals surface area contributed by atoms with Crippen LogP contribution in [0, 0.1) is 13.8 Å². The predicted octanol–water partition coefficient (Wildman–Crippen LogP) is 2.61. The van der Waals surface area contributed by atoms with E-state index in [1.54, 1.807) is 12.1 Å². The molecule has 5 heteroatoms. The number of pyridine rings is 1. The number of nitrogens with one attached hydrogen (secondary N) is 2. The molecule has 1 aromatic carbocycles. The fourth-order valence-corrected chi connectivity index (χ4v) is 2.73. The first-order valence-corrected chi connectivity index (χ1v) is 7.81. The van der Waals surface area contributed by atoms with E-state index in [0.717, 1.165) is 42.3 Å². The van der Waals surface area contributed by atoms with Gasteiger partial charge in [-0.25, -0.2) is 0 Å². The lowest BCUT2D eigenvalue weighted by molar-refractivity contribution is 0.0277. The smallest absolute Gasteiger partial charge is 0.255 e. The van der Waals surface area contributed by atoms with Crippen molar-refractivity contribution in [2.24, 2.45) is 0 Å². The van der Waals surface area contributed by atoms with Crippen LogP contribution in [-0.4, -0.2) is 30.6 Å². The van der Waals surface area contributed by atoms with Crippen LogP contribution in [0.3, 0.4) is 0 Å². The minimum Gasteiger partial charge on any atom is -0.371 e. The first-order chi connectivity index (χ1) is 11.1. The molecule has 1 aromatic heterocycles. The summed E-state index contributed by atoms with van der Waals surface area (Å²) >= 11 is 0. The number of anilines is 1. The summed E-state index contributed by atoms with van der Waals surface area (Å²) in [6, 6.07) is 11.4. The van der Waals surface area contributed by atoms with Gasteiger partial charge in [-0.2, -0.15) is 0 Å². The maximum Gasteiger partial charge on any atom is 0.255 e.